The Bertz CT molecular complexity index is 668. The zero-order chi connectivity index (χ0) is 16.8. The van der Waals surface area contributed by atoms with Crippen LogP contribution in [-0.4, -0.2) is 35.7 Å². The number of nitrogens with zero attached hydrogens (tertiary/aromatic N) is 2. The van der Waals surface area contributed by atoms with Crippen molar-refractivity contribution in [3.8, 4) is 6.01 Å². The minimum absolute atomic E-state index is 0.0511. The molecule has 1 aromatic carbocycles. The van der Waals surface area contributed by atoms with Gasteiger partial charge in [-0.2, -0.15) is 0 Å². The number of hydrogen-bond acceptors (Lipinski definition) is 5. The Hall–Kier alpha value is -2.47. The van der Waals surface area contributed by atoms with Crippen LogP contribution in [0.15, 0.2) is 42.7 Å². The second kappa shape index (κ2) is 7.40. The van der Waals surface area contributed by atoms with Crippen molar-refractivity contribution in [3.05, 3.63) is 48.3 Å². The molecule has 24 heavy (non-hydrogen) atoms. The van der Waals surface area contributed by atoms with Crippen molar-refractivity contribution in [1.82, 2.24) is 9.97 Å². The Kier molecular flexibility index (Phi) is 5.05. The van der Waals surface area contributed by atoms with Crippen molar-refractivity contribution in [2.75, 3.05) is 25.1 Å². The van der Waals surface area contributed by atoms with Gasteiger partial charge in [0.25, 0.3) is 0 Å². The van der Waals surface area contributed by atoms with Crippen LogP contribution < -0.4 is 10.1 Å². The Morgan fingerprint density at radius 1 is 1.21 bits per heavy atom. The van der Waals surface area contributed by atoms with Crippen LogP contribution in [0.5, 0.6) is 6.01 Å². The van der Waals surface area contributed by atoms with E-state index in [1.165, 1.54) is 0 Å². The second-order valence-corrected chi connectivity index (χ2v) is 5.70. The van der Waals surface area contributed by atoms with Gasteiger partial charge in [0.1, 0.15) is 0 Å². The first kappa shape index (κ1) is 16.4. The first-order chi connectivity index (χ1) is 11.7. The predicted octanol–water partition coefficient (Wildman–Crippen LogP) is 2.56. The van der Waals surface area contributed by atoms with E-state index in [4.69, 9.17) is 9.47 Å². The molecule has 1 saturated heterocycles. The third kappa shape index (κ3) is 3.38. The van der Waals surface area contributed by atoms with Gasteiger partial charge in [-0.05, 0) is 25.3 Å². The lowest BCUT2D eigenvalue weighted by atomic mass is 9.73. The van der Waals surface area contributed by atoms with E-state index in [-0.39, 0.29) is 5.91 Å². The number of ether oxygens (including phenoxy) is 2. The average Bonchev–Trinajstić information content (AvgIpc) is 2.65. The van der Waals surface area contributed by atoms with Crippen molar-refractivity contribution >= 4 is 11.6 Å². The summed E-state index contributed by atoms with van der Waals surface area (Å²) in [7, 11) is 0. The molecule has 2 aromatic rings. The largest absolute Gasteiger partial charge is 0.464 e. The number of nitrogens with one attached hydrogen (secondary N) is 1. The number of anilines is 1. The molecule has 3 rings (SSSR count). The van der Waals surface area contributed by atoms with Crippen molar-refractivity contribution in [3.63, 3.8) is 0 Å². The molecule has 1 amide bonds. The van der Waals surface area contributed by atoms with Crippen molar-refractivity contribution in [1.29, 1.82) is 0 Å². The third-order valence-electron chi connectivity index (χ3n) is 4.27. The summed E-state index contributed by atoms with van der Waals surface area (Å²) in [6, 6.07) is 10.2. The van der Waals surface area contributed by atoms with Crippen LogP contribution >= 0.6 is 0 Å². The number of benzene rings is 1. The maximum Gasteiger partial charge on any atom is 0.316 e. The van der Waals surface area contributed by atoms with Gasteiger partial charge in [0, 0.05) is 13.2 Å². The minimum atomic E-state index is -0.585. The summed E-state index contributed by atoms with van der Waals surface area (Å²) in [6.07, 6.45) is 4.43. The van der Waals surface area contributed by atoms with Crippen LogP contribution in [0.2, 0.25) is 0 Å². The molecule has 0 spiro atoms. The summed E-state index contributed by atoms with van der Waals surface area (Å²) in [5.41, 5.74) is 0.987. The zero-order valence-electron chi connectivity index (χ0n) is 13.7. The van der Waals surface area contributed by atoms with E-state index in [0.717, 1.165) is 5.56 Å². The number of hydrogen-bond donors (Lipinski definition) is 1. The predicted molar refractivity (Wildman–Crippen MR) is 90.0 cm³/mol. The molecule has 0 unspecified atom stereocenters. The second-order valence-electron chi connectivity index (χ2n) is 5.70. The molecule has 6 nitrogen and oxygen atoms in total. The van der Waals surface area contributed by atoms with Gasteiger partial charge >= 0.3 is 6.01 Å². The fourth-order valence-corrected chi connectivity index (χ4v) is 2.96. The monoisotopic (exact) mass is 327 g/mol. The first-order valence-electron chi connectivity index (χ1n) is 8.14. The molecule has 0 radical (unpaired) electrons. The van der Waals surface area contributed by atoms with Crippen LogP contribution in [0, 0.1) is 0 Å². The molecular formula is C18H21N3O3. The summed E-state index contributed by atoms with van der Waals surface area (Å²) in [5, 5.41) is 2.95. The third-order valence-corrected chi connectivity index (χ3v) is 4.27. The molecule has 1 aliphatic rings. The lowest BCUT2D eigenvalue weighted by Crippen LogP contribution is -2.44. The van der Waals surface area contributed by atoms with Crippen molar-refractivity contribution < 1.29 is 14.3 Å². The Morgan fingerprint density at radius 2 is 1.88 bits per heavy atom. The minimum Gasteiger partial charge on any atom is -0.464 e. The molecule has 0 saturated carbocycles. The van der Waals surface area contributed by atoms with E-state index < -0.39 is 5.41 Å². The van der Waals surface area contributed by atoms with E-state index >= 15 is 0 Å². The van der Waals surface area contributed by atoms with E-state index in [9.17, 15) is 4.79 Å². The van der Waals surface area contributed by atoms with Gasteiger partial charge < -0.3 is 14.8 Å². The lowest BCUT2D eigenvalue weighted by Gasteiger charge is -2.36. The highest BCUT2D eigenvalue weighted by Gasteiger charge is 2.41. The standard InChI is InChI=1S/C18H21N3O3/c1-2-24-17-19-12-15(13-20-17)21-16(22)18(8-10-23-11-9-18)14-6-4-3-5-7-14/h3-7,12-13H,2,8-11H2,1H3,(H,21,22). The first-order valence-corrected chi connectivity index (χ1v) is 8.14. The van der Waals surface area contributed by atoms with Crippen molar-refractivity contribution in [2.24, 2.45) is 0 Å². The van der Waals surface area contributed by atoms with E-state index in [1.54, 1.807) is 12.4 Å². The number of carbonyl (C=O) groups excluding carboxylic acids is 1. The summed E-state index contributed by atoms with van der Waals surface area (Å²) in [4.78, 5) is 21.2. The van der Waals surface area contributed by atoms with Gasteiger partial charge in [-0.25, -0.2) is 9.97 Å². The van der Waals surface area contributed by atoms with Gasteiger partial charge in [0.15, 0.2) is 0 Å². The highest BCUT2D eigenvalue weighted by Crippen LogP contribution is 2.36. The van der Waals surface area contributed by atoms with Crippen molar-refractivity contribution in [2.45, 2.75) is 25.2 Å². The van der Waals surface area contributed by atoms with Gasteiger partial charge in [-0.1, -0.05) is 30.3 Å². The van der Waals surface area contributed by atoms with Crippen LogP contribution in [0.3, 0.4) is 0 Å². The molecule has 6 heteroatoms. The van der Waals surface area contributed by atoms with E-state index in [2.05, 4.69) is 15.3 Å². The molecule has 1 fully saturated rings. The van der Waals surface area contributed by atoms with Gasteiger partial charge in [0.2, 0.25) is 5.91 Å². The maximum absolute atomic E-state index is 13.0. The molecular weight excluding hydrogens is 306 g/mol. The highest BCUT2D eigenvalue weighted by atomic mass is 16.5. The van der Waals surface area contributed by atoms with Gasteiger partial charge in [-0.15, -0.1) is 0 Å². The molecule has 1 aromatic heterocycles. The van der Waals surface area contributed by atoms with Crippen LogP contribution in [-0.2, 0) is 14.9 Å². The fraction of sp³-hybridized carbons (Fsp3) is 0.389. The molecule has 0 atom stereocenters. The Morgan fingerprint density at radius 3 is 2.50 bits per heavy atom. The summed E-state index contributed by atoms with van der Waals surface area (Å²) >= 11 is 0. The molecule has 1 aliphatic heterocycles. The quantitative estimate of drug-likeness (QED) is 0.913. The fourth-order valence-electron chi connectivity index (χ4n) is 2.96. The Labute approximate surface area is 141 Å². The van der Waals surface area contributed by atoms with Crippen LogP contribution in [0.25, 0.3) is 0 Å². The number of amides is 1. The normalized spacial score (nSPS) is 16.4. The molecule has 0 bridgehead atoms. The summed E-state index contributed by atoms with van der Waals surface area (Å²) in [5.74, 6) is -0.0511. The van der Waals surface area contributed by atoms with E-state index in [1.807, 2.05) is 37.3 Å². The zero-order valence-corrected chi connectivity index (χ0v) is 13.7. The Balaban J connectivity index is 1.81. The van der Waals surface area contributed by atoms with Gasteiger partial charge in [-0.3, -0.25) is 4.79 Å². The maximum atomic E-state index is 13.0. The van der Waals surface area contributed by atoms with Gasteiger partial charge in [0.05, 0.1) is 30.1 Å². The lowest BCUT2D eigenvalue weighted by molar-refractivity contribution is -0.125. The smallest absolute Gasteiger partial charge is 0.316 e. The van der Waals surface area contributed by atoms with Crippen LogP contribution in [0.4, 0.5) is 5.69 Å². The highest BCUT2D eigenvalue weighted by molar-refractivity contribution is 5.99. The number of carbonyl (C=O) groups is 1. The van der Waals surface area contributed by atoms with E-state index in [0.29, 0.717) is 44.4 Å². The topological polar surface area (TPSA) is 73.3 Å². The summed E-state index contributed by atoms with van der Waals surface area (Å²) < 4.78 is 10.7. The molecule has 0 aliphatic carbocycles. The van der Waals surface area contributed by atoms with Crippen LogP contribution in [0.1, 0.15) is 25.3 Å². The average molecular weight is 327 g/mol. The summed E-state index contributed by atoms with van der Waals surface area (Å²) in [6.45, 7) is 3.51. The SMILES string of the molecule is CCOc1ncc(NC(=O)C2(c3ccccc3)CCOCC2)cn1. The molecule has 126 valence electrons. The number of aromatic nitrogens is 2. The molecule has 2 heterocycles. The molecule has 1 N–H and O–H groups in total. The number of rotatable bonds is 5.